The van der Waals surface area contributed by atoms with Crippen LogP contribution in [-0.2, 0) is 14.2 Å². The zero-order valence-electron chi connectivity index (χ0n) is 13.5. The molecule has 2 N–H and O–H groups in total. The first-order chi connectivity index (χ1) is 10.3. The second-order valence-electron chi connectivity index (χ2n) is 5.68. The quantitative estimate of drug-likeness (QED) is 0.507. The first kappa shape index (κ1) is 18.8. The lowest BCUT2D eigenvalue weighted by Gasteiger charge is -2.22. The SMILES string of the molecule is CCCCOCCOCC(O)CNCCC1CCCCO1. The van der Waals surface area contributed by atoms with Crippen LogP contribution in [0.1, 0.15) is 45.4 Å². The van der Waals surface area contributed by atoms with Crippen LogP contribution in [-0.4, -0.2) is 63.4 Å². The molecule has 1 heterocycles. The summed E-state index contributed by atoms with van der Waals surface area (Å²) in [5.41, 5.74) is 0. The van der Waals surface area contributed by atoms with Crippen molar-refractivity contribution < 1.29 is 19.3 Å². The van der Waals surface area contributed by atoms with Crippen molar-refractivity contribution in [3.8, 4) is 0 Å². The summed E-state index contributed by atoms with van der Waals surface area (Å²) in [4.78, 5) is 0. The molecule has 21 heavy (non-hydrogen) atoms. The van der Waals surface area contributed by atoms with Gasteiger partial charge in [-0.3, -0.25) is 0 Å². The average molecular weight is 303 g/mol. The van der Waals surface area contributed by atoms with E-state index >= 15 is 0 Å². The molecule has 0 spiro atoms. The zero-order valence-corrected chi connectivity index (χ0v) is 13.5. The summed E-state index contributed by atoms with van der Waals surface area (Å²) in [6.45, 7) is 6.84. The van der Waals surface area contributed by atoms with E-state index in [2.05, 4.69) is 12.2 Å². The number of nitrogens with one attached hydrogen (secondary N) is 1. The molecule has 1 aliphatic heterocycles. The Bertz CT molecular complexity index is 222. The van der Waals surface area contributed by atoms with Crippen molar-refractivity contribution in [3.63, 3.8) is 0 Å². The van der Waals surface area contributed by atoms with E-state index in [4.69, 9.17) is 14.2 Å². The lowest BCUT2D eigenvalue weighted by molar-refractivity contribution is 0.000887. The predicted molar refractivity (Wildman–Crippen MR) is 83.6 cm³/mol. The molecule has 0 amide bonds. The number of hydrogen-bond acceptors (Lipinski definition) is 5. The van der Waals surface area contributed by atoms with Crippen LogP contribution in [0.25, 0.3) is 0 Å². The highest BCUT2D eigenvalue weighted by atomic mass is 16.5. The molecule has 1 aliphatic rings. The van der Waals surface area contributed by atoms with Gasteiger partial charge >= 0.3 is 0 Å². The number of unbranched alkanes of at least 4 members (excludes halogenated alkanes) is 1. The van der Waals surface area contributed by atoms with Crippen LogP contribution in [0.3, 0.4) is 0 Å². The molecule has 5 heteroatoms. The maximum atomic E-state index is 9.77. The van der Waals surface area contributed by atoms with Crippen molar-refractivity contribution in [2.75, 3.05) is 46.1 Å². The van der Waals surface area contributed by atoms with Crippen LogP contribution in [0.2, 0.25) is 0 Å². The van der Waals surface area contributed by atoms with Gasteiger partial charge in [0.1, 0.15) is 0 Å². The Morgan fingerprint density at radius 1 is 1.24 bits per heavy atom. The molecule has 126 valence electrons. The molecule has 0 aromatic carbocycles. The molecule has 1 rings (SSSR count). The second kappa shape index (κ2) is 13.5. The minimum absolute atomic E-state index is 0.365. The molecule has 0 aromatic heterocycles. The summed E-state index contributed by atoms with van der Waals surface area (Å²) >= 11 is 0. The molecular formula is C16H33NO4. The molecule has 0 saturated carbocycles. The Balaban J connectivity index is 1.81. The van der Waals surface area contributed by atoms with Gasteiger partial charge in [-0.1, -0.05) is 13.3 Å². The minimum Gasteiger partial charge on any atom is -0.389 e. The predicted octanol–water partition coefficient (Wildman–Crippen LogP) is 1.73. The van der Waals surface area contributed by atoms with E-state index in [0.717, 1.165) is 39.0 Å². The molecule has 2 unspecified atom stereocenters. The van der Waals surface area contributed by atoms with E-state index in [0.29, 0.717) is 32.5 Å². The molecule has 5 nitrogen and oxygen atoms in total. The fourth-order valence-electron chi connectivity index (χ4n) is 2.31. The van der Waals surface area contributed by atoms with E-state index in [1.807, 2.05) is 0 Å². The third-order valence-corrected chi connectivity index (χ3v) is 3.62. The summed E-state index contributed by atoms with van der Waals surface area (Å²) in [5.74, 6) is 0. The number of aliphatic hydroxyl groups excluding tert-OH is 1. The first-order valence-electron chi connectivity index (χ1n) is 8.48. The lowest BCUT2D eigenvalue weighted by Crippen LogP contribution is -2.33. The average Bonchev–Trinajstić information content (AvgIpc) is 2.52. The number of rotatable bonds is 13. The van der Waals surface area contributed by atoms with Crippen molar-refractivity contribution >= 4 is 0 Å². The van der Waals surface area contributed by atoms with Crippen molar-refractivity contribution in [1.82, 2.24) is 5.32 Å². The number of hydrogen-bond donors (Lipinski definition) is 2. The molecular weight excluding hydrogens is 270 g/mol. The molecule has 0 radical (unpaired) electrons. The van der Waals surface area contributed by atoms with Crippen LogP contribution < -0.4 is 5.32 Å². The van der Waals surface area contributed by atoms with Gasteiger partial charge in [-0.2, -0.15) is 0 Å². The molecule has 1 saturated heterocycles. The van der Waals surface area contributed by atoms with Crippen molar-refractivity contribution in [3.05, 3.63) is 0 Å². The second-order valence-corrected chi connectivity index (χ2v) is 5.68. The van der Waals surface area contributed by atoms with Crippen molar-refractivity contribution in [1.29, 1.82) is 0 Å². The smallest absolute Gasteiger partial charge is 0.0897 e. The van der Waals surface area contributed by atoms with Crippen LogP contribution in [0.15, 0.2) is 0 Å². The maximum Gasteiger partial charge on any atom is 0.0897 e. The highest BCUT2D eigenvalue weighted by molar-refractivity contribution is 4.66. The highest BCUT2D eigenvalue weighted by Gasteiger charge is 2.13. The van der Waals surface area contributed by atoms with E-state index in [9.17, 15) is 5.11 Å². The van der Waals surface area contributed by atoms with Crippen LogP contribution in [0.5, 0.6) is 0 Å². The van der Waals surface area contributed by atoms with Gasteiger partial charge in [0, 0.05) is 19.8 Å². The van der Waals surface area contributed by atoms with E-state index in [1.165, 1.54) is 19.3 Å². The lowest BCUT2D eigenvalue weighted by atomic mass is 10.1. The fourth-order valence-corrected chi connectivity index (χ4v) is 2.31. The number of aliphatic hydroxyl groups is 1. The third-order valence-electron chi connectivity index (χ3n) is 3.62. The van der Waals surface area contributed by atoms with Gasteiger partial charge in [0.15, 0.2) is 0 Å². The Kier molecular flexibility index (Phi) is 12.1. The Hall–Kier alpha value is -0.200. The Labute approximate surface area is 129 Å². The van der Waals surface area contributed by atoms with Crippen molar-refractivity contribution in [2.45, 2.75) is 57.7 Å². The van der Waals surface area contributed by atoms with Gasteiger partial charge in [-0.05, 0) is 38.6 Å². The van der Waals surface area contributed by atoms with Gasteiger partial charge in [0.25, 0.3) is 0 Å². The topological polar surface area (TPSA) is 60.0 Å². The summed E-state index contributed by atoms with van der Waals surface area (Å²) in [5, 5.41) is 13.0. The van der Waals surface area contributed by atoms with Crippen LogP contribution >= 0.6 is 0 Å². The molecule has 1 fully saturated rings. The van der Waals surface area contributed by atoms with Gasteiger partial charge in [0.05, 0.1) is 32.0 Å². The van der Waals surface area contributed by atoms with E-state index in [-0.39, 0.29) is 0 Å². The zero-order chi connectivity index (χ0) is 15.2. The Morgan fingerprint density at radius 3 is 2.86 bits per heavy atom. The van der Waals surface area contributed by atoms with Crippen molar-refractivity contribution in [2.24, 2.45) is 0 Å². The maximum absolute atomic E-state index is 9.77. The standard InChI is InChI=1S/C16H33NO4/c1-2-3-9-19-11-12-20-14-15(18)13-17-8-7-16-6-4-5-10-21-16/h15-18H,2-14H2,1H3. The van der Waals surface area contributed by atoms with Gasteiger partial charge < -0.3 is 24.6 Å². The molecule has 0 bridgehead atoms. The van der Waals surface area contributed by atoms with Gasteiger partial charge in [-0.25, -0.2) is 0 Å². The Morgan fingerprint density at radius 2 is 2.10 bits per heavy atom. The first-order valence-corrected chi connectivity index (χ1v) is 8.48. The van der Waals surface area contributed by atoms with E-state index in [1.54, 1.807) is 0 Å². The highest BCUT2D eigenvalue weighted by Crippen LogP contribution is 2.14. The summed E-state index contributed by atoms with van der Waals surface area (Å²) in [6, 6.07) is 0. The summed E-state index contributed by atoms with van der Waals surface area (Å²) in [7, 11) is 0. The summed E-state index contributed by atoms with van der Waals surface area (Å²) in [6.07, 6.45) is 6.87. The van der Waals surface area contributed by atoms with Crippen LogP contribution in [0, 0.1) is 0 Å². The molecule has 0 aromatic rings. The monoisotopic (exact) mass is 303 g/mol. The third kappa shape index (κ3) is 11.1. The fraction of sp³-hybridized carbons (Fsp3) is 1.00. The molecule has 0 aliphatic carbocycles. The number of ether oxygens (including phenoxy) is 3. The normalized spacial score (nSPS) is 20.6. The summed E-state index contributed by atoms with van der Waals surface area (Å²) < 4.78 is 16.4. The minimum atomic E-state index is -0.451. The van der Waals surface area contributed by atoms with Crippen LogP contribution in [0.4, 0.5) is 0 Å². The van der Waals surface area contributed by atoms with Gasteiger partial charge in [0.2, 0.25) is 0 Å². The largest absolute Gasteiger partial charge is 0.389 e. The van der Waals surface area contributed by atoms with E-state index < -0.39 is 6.10 Å². The molecule has 2 atom stereocenters. The van der Waals surface area contributed by atoms with Gasteiger partial charge in [-0.15, -0.1) is 0 Å².